The number of ether oxygens (including phenoxy) is 2. The number of benzene rings is 2. The normalized spacial score (nSPS) is 15.0. The molecule has 1 saturated heterocycles. The third-order valence-electron chi connectivity index (χ3n) is 4.37. The molecule has 8 heteroatoms. The van der Waals surface area contributed by atoms with E-state index < -0.39 is 5.91 Å². The second-order valence-electron chi connectivity index (χ2n) is 6.74. The Hall–Kier alpha value is -3.26. The van der Waals surface area contributed by atoms with Crippen molar-refractivity contribution in [2.75, 3.05) is 19.8 Å². The predicted octanol–water partition coefficient (Wildman–Crippen LogP) is 3.28. The van der Waals surface area contributed by atoms with Gasteiger partial charge in [0.1, 0.15) is 18.1 Å². The van der Waals surface area contributed by atoms with Gasteiger partial charge in [0.05, 0.1) is 11.4 Å². The Kier molecular flexibility index (Phi) is 6.79. The van der Waals surface area contributed by atoms with Gasteiger partial charge < -0.3 is 15.2 Å². The van der Waals surface area contributed by atoms with Gasteiger partial charge in [0.15, 0.2) is 6.61 Å². The summed E-state index contributed by atoms with van der Waals surface area (Å²) in [6.07, 6.45) is 1.58. The third kappa shape index (κ3) is 5.21. The molecule has 0 saturated carbocycles. The summed E-state index contributed by atoms with van der Waals surface area (Å²) in [4.78, 5) is 37.4. The van der Waals surface area contributed by atoms with Crippen LogP contribution in [0.15, 0.2) is 47.4 Å². The van der Waals surface area contributed by atoms with E-state index in [2.05, 4.69) is 0 Å². The maximum atomic E-state index is 12.7. The van der Waals surface area contributed by atoms with Crippen molar-refractivity contribution in [2.45, 2.75) is 13.8 Å². The van der Waals surface area contributed by atoms with Crippen LogP contribution in [0.2, 0.25) is 0 Å². The number of carbonyl (C=O) groups is 3. The number of nitrogens with two attached hydrogens (primary N) is 1. The molecule has 7 nitrogen and oxygen atoms in total. The van der Waals surface area contributed by atoms with Crippen LogP contribution in [0, 0.1) is 13.8 Å². The number of nitrogens with zero attached hydrogens (tertiary/aromatic N) is 1. The number of hydrogen-bond acceptors (Lipinski definition) is 6. The van der Waals surface area contributed by atoms with Gasteiger partial charge in [-0.1, -0.05) is 30.3 Å². The van der Waals surface area contributed by atoms with E-state index in [4.69, 9.17) is 15.2 Å². The lowest BCUT2D eigenvalue weighted by molar-refractivity contribution is -0.123. The fourth-order valence-corrected chi connectivity index (χ4v) is 3.68. The van der Waals surface area contributed by atoms with E-state index in [9.17, 15) is 14.4 Å². The lowest BCUT2D eigenvalue weighted by atomic mass is 10.1. The number of carbonyl (C=O) groups excluding carboxylic acids is 3. The van der Waals surface area contributed by atoms with Crippen molar-refractivity contribution in [3.8, 4) is 11.5 Å². The van der Waals surface area contributed by atoms with E-state index in [1.54, 1.807) is 30.3 Å². The van der Waals surface area contributed by atoms with Crippen molar-refractivity contribution in [3.63, 3.8) is 0 Å². The highest BCUT2D eigenvalue weighted by molar-refractivity contribution is 8.18. The van der Waals surface area contributed by atoms with Gasteiger partial charge in [-0.25, -0.2) is 0 Å². The molecule has 0 aliphatic carbocycles. The highest BCUT2D eigenvalue weighted by Gasteiger charge is 2.35. The van der Waals surface area contributed by atoms with Crippen LogP contribution in [0.25, 0.3) is 6.08 Å². The quantitative estimate of drug-likeness (QED) is 0.651. The van der Waals surface area contributed by atoms with Crippen molar-refractivity contribution in [2.24, 2.45) is 5.73 Å². The molecule has 156 valence electrons. The molecule has 0 aromatic heterocycles. The van der Waals surface area contributed by atoms with Crippen LogP contribution in [0.3, 0.4) is 0 Å². The van der Waals surface area contributed by atoms with Crippen molar-refractivity contribution < 1.29 is 23.9 Å². The van der Waals surface area contributed by atoms with Crippen LogP contribution in [0.1, 0.15) is 16.7 Å². The number of thioether (sulfide) groups is 1. The molecule has 30 heavy (non-hydrogen) atoms. The van der Waals surface area contributed by atoms with E-state index in [-0.39, 0.29) is 35.8 Å². The van der Waals surface area contributed by atoms with Gasteiger partial charge in [-0.05, 0) is 54.9 Å². The van der Waals surface area contributed by atoms with Crippen LogP contribution >= 0.6 is 11.8 Å². The topological polar surface area (TPSA) is 98.9 Å². The third-order valence-corrected chi connectivity index (χ3v) is 5.27. The largest absolute Gasteiger partial charge is 0.491 e. The molecule has 2 N–H and O–H groups in total. The molecular weight excluding hydrogens is 404 g/mol. The number of primary amides is 1. The molecule has 2 aromatic carbocycles. The average molecular weight is 426 g/mol. The molecule has 0 unspecified atom stereocenters. The first-order valence-corrected chi connectivity index (χ1v) is 10.1. The molecule has 1 aliphatic heterocycles. The lowest BCUT2D eigenvalue weighted by Gasteiger charge is -2.14. The second kappa shape index (κ2) is 9.49. The Balaban J connectivity index is 1.67. The molecule has 0 spiro atoms. The summed E-state index contributed by atoms with van der Waals surface area (Å²) in [6, 6.07) is 12.8. The standard InChI is InChI=1S/C22H22N2O5S/c1-14-7-8-15(2)18(11-14)28-10-9-24-21(26)19(30-22(24)27)12-16-5-3-4-6-17(16)29-13-20(23)25/h3-8,11-12H,9-10,13H2,1-2H3,(H2,23,25)/b19-12-. The molecule has 0 bridgehead atoms. The van der Waals surface area contributed by atoms with Gasteiger partial charge in [-0.15, -0.1) is 0 Å². The number of para-hydroxylation sites is 1. The van der Waals surface area contributed by atoms with Gasteiger partial charge in [-0.3, -0.25) is 19.3 Å². The Morgan fingerprint density at radius 2 is 1.87 bits per heavy atom. The predicted molar refractivity (Wildman–Crippen MR) is 115 cm³/mol. The summed E-state index contributed by atoms with van der Waals surface area (Å²) in [5.41, 5.74) is 7.76. The molecule has 1 aliphatic rings. The Morgan fingerprint density at radius 1 is 1.10 bits per heavy atom. The van der Waals surface area contributed by atoms with E-state index in [1.165, 1.54) is 0 Å². The monoisotopic (exact) mass is 426 g/mol. The van der Waals surface area contributed by atoms with E-state index >= 15 is 0 Å². The number of aryl methyl sites for hydroxylation is 2. The Bertz CT molecular complexity index is 1020. The van der Waals surface area contributed by atoms with Crippen LogP contribution in [-0.4, -0.2) is 41.7 Å². The number of hydrogen-bond donors (Lipinski definition) is 1. The van der Waals surface area contributed by atoms with Crippen molar-refractivity contribution in [3.05, 3.63) is 64.1 Å². The minimum absolute atomic E-state index is 0.148. The summed E-state index contributed by atoms with van der Waals surface area (Å²) in [5, 5.41) is -0.355. The van der Waals surface area contributed by atoms with Crippen molar-refractivity contribution >= 4 is 34.9 Å². The zero-order chi connectivity index (χ0) is 21.7. The SMILES string of the molecule is Cc1ccc(C)c(OCCN2C(=O)S/C(=C\c3ccccc3OCC(N)=O)C2=O)c1. The maximum Gasteiger partial charge on any atom is 0.293 e. The van der Waals surface area contributed by atoms with Crippen LogP contribution in [-0.2, 0) is 9.59 Å². The minimum Gasteiger partial charge on any atom is -0.491 e. The average Bonchev–Trinajstić information content (AvgIpc) is 2.97. The summed E-state index contributed by atoms with van der Waals surface area (Å²) in [7, 11) is 0. The molecule has 1 fully saturated rings. The van der Waals surface area contributed by atoms with Gasteiger partial charge in [0.2, 0.25) is 0 Å². The van der Waals surface area contributed by atoms with Crippen LogP contribution in [0.5, 0.6) is 11.5 Å². The lowest BCUT2D eigenvalue weighted by Crippen LogP contribution is -2.32. The van der Waals surface area contributed by atoms with Crippen LogP contribution in [0.4, 0.5) is 4.79 Å². The maximum absolute atomic E-state index is 12.7. The van der Waals surface area contributed by atoms with Gasteiger partial charge in [-0.2, -0.15) is 0 Å². The van der Waals surface area contributed by atoms with Crippen molar-refractivity contribution in [1.29, 1.82) is 0 Å². The molecule has 0 atom stereocenters. The first-order valence-electron chi connectivity index (χ1n) is 9.30. The van der Waals surface area contributed by atoms with Crippen molar-refractivity contribution in [1.82, 2.24) is 4.90 Å². The zero-order valence-electron chi connectivity index (χ0n) is 16.7. The fourth-order valence-electron chi connectivity index (χ4n) is 2.82. The molecule has 0 radical (unpaired) electrons. The summed E-state index contributed by atoms with van der Waals surface area (Å²) >= 11 is 0.857. The molecule has 1 heterocycles. The summed E-state index contributed by atoms with van der Waals surface area (Å²) < 4.78 is 11.1. The highest BCUT2D eigenvalue weighted by Crippen LogP contribution is 2.34. The Morgan fingerprint density at radius 3 is 2.63 bits per heavy atom. The minimum atomic E-state index is -0.603. The smallest absolute Gasteiger partial charge is 0.293 e. The first kappa shape index (κ1) is 21.4. The van der Waals surface area contributed by atoms with Gasteiger partial charge in [0.25, 0.3) is 17.1 Å². The van der Waals surface area contributed by atoms with E-state index in [0.717, 1.165) is 33.5 Å². The molecular formula is C22H22N2O5S. The number of rotatable bonds is 8. The first-order chi connectivity index (χ1) is 14.3. The van der Waals surface area contributed by atoms with E-state index in [0.29, 0.717) is 11.3 Å². The van der Waals surface area contributed by atoms with Crippen LogP contribution < -0.4 is 15.2 Å². The second-order valence-corrected chi connectivity index (χ2v) is 7.74. The van der Waals surface area contributed by atoms with Gasteiger partial charge in [0, 0.05) is 5.56 Å². The zero-order valence-corrected chi connectivity index (χ0v) is 17.5. The summed E-state index contributed by atoms with van der Waals surface area (Å²) in [5.74, 6) is 0.146. The van der Waals surface area contributed by atoms with Gasteiger partial charge >= 0.3 is 0 Å². The number of imide groups is 1. The Labute approximate surface area is 178 Å². The molecule has 2 aromatic rings. The molecule has 3 rings (SSSR count). The highest BCUT2D eigenvalue weighted by atomic mass is 32.2. The summed E-state index contributed by atoms with van der Waals surface area (Å²) in [6.45, 7) is 3.99. The number of amides is 3. The molecule has 3 amide bonds. The van der Waals surface area contributed by atoms with E-state index in [1.807, 2.05) is 32.0 Å². The fraction of sp³-hybridized carbons (Fsp3) is 0.227.